The zero-order chi connectivity index (χ0) is 27.3. The van der Waals surface area contributed by atoms with Gasteiger partial charge in [0, 0.05) is 12.1 Å². The fourth-order valence-electron chi connectivity index (χ4n) is 5.47. The minimum atomic E-state index is -0.801. The normalized spacial score (nSPS) is 18.5. The van der Waals surface area contributed by atoms with Gasteiger partial charge in [-0.2, -0.15) is 0 Å². The molecule has 0 heterocycles. The van der Waals surface area contributed by atoms with Crippen molar-refractivity contribution in [3.63, 3.8) is 0 Å². The maximum absolute atomic E-state index is 14.3. The van der Waals surface area contributed by atoms with Crippen LogP contribution >= 0.6 is 0 Å². The molecule has 37 heavy (non-hydrogen) atoms. The third-order valence-corrected chi connectivity index (χ3v) is 7.62. The third-order valence-electron chi connectivity index (χ3n) is 7.62. The first-order chi connectivity index (χ1) is 17.4. The van der Waals surface area contributed by atoms with Crippen LogP contribution in [0.4, 0.5) is 4.79 Å². The predicted octanol–water partition coefficient (Wildman–Crippen LogP) is 5.72. The Bertz CT molecular complexity index is 938. The van der Waals surface area contributed by atoms with Gasteiger partial charge in [0.2, 0.25) is 11.8 Å². The smallest absolute Gasteiger partial charge is 0.408 e. The van der Waals surface area contributed by atoms with Gasteiger partial charge in [-0.3, -0.25) is 9.59 Å². The van der Waals surface area contributed by atoms with E-state index in [9.17, 15) is 14.4 Å². The van der Waals surface area contributed by atoms with Crippen molar-refractivity contribution in [3.8, 4) is 0 Å². The molecule has 0 aromatic heterocycles. The molecular weight excluding hydrogens is 466 g/mol. The van der Waals surface area contributed by atoms with Gasteiger partial charge in [-0.15, -0.1) is 0 Å². The Morgan fingerprint density at radius 2 is 1.54 bits per heavy atom. The van der Waals surface area contributed by atoms with E-state index in [1.807, 2.05) is 45.9 Å². The molecule has 2 unspecified atom stereocenters. The second-order valence-corrected chi connectivity index (χ2v) is 12.2. The molecule has 2 atom stereocenters. The highest BCUT2D eigenvalue weighted by Gasteiger charge is 2.44. The molecule has 0 aliphatic heterocycles. The maximum atomic E-state index is 14.3. The van der Waals surface area contributed by atoms with Crippen LogP contribution in [-0.2, 0) is 14.3 Å². The summed E-state index contributed by atoms with van der Waals surface area (Å²) in [6.45, 7) is 13.2. The van der Waals surface area contributed by atoms with Crippen molar-refractivity contribution in [2.45, 2.75) is 130 Å². The number of hydrogen-bond acceptors (Lipinski definition) is 4. The average Bonchev–Trinajstić information content (AvgIpc) is 2.76. The minimum Gasteiger partial charge on any atom is -0.444 e. The van der Waals surface area contributed by atoms with Gasteiger partial charge in [-0.05, 0) is 89.3 Å². The molecule has 2 N–H and O–H groups in total. The summed E-state index contributed by atoms with van der Waals surface area (Å²) < 4.78 is 5.48. The monoisotopic (exact) mass is 513 g/mol. The summed E-state index contributed by atoms with van der Waals surface area (Å²) in [4.78, 5) is 42.9. The Balaban J connectivity index is 2.01. The standard InChI is InChI=1S/C30H47N3O4/c1-19(2)25(32-29(36)37-30(5,6)7)28(35)33(23-17-12-18-23)26(24-20(3)13-11-14-21(24)4)27(34)31-22-15-9-8-10-16-22/h11,13-14,19,22-23,25-26H,8-10,12,15-18H2,1-7H3,(H,31,34)(H,32,36). The Labute approximate surface area is 223 Å². The average molecular weight is 514 g/mol. The second kappa shape index (κ2) is 12.3. The minimum absolute atomic E-state index is 0.0460. The van der Waals surface area contributed by atoms with Crippen LogP contribution in [-0.4, -0.2) is 46.5 Å². The molecule has 0 spiro atoms. The number of amides is 3. The molecule has 3 rings (SSSR count). The lowest BCUT2D eigenvalue weighted by Crippen LogP contribution is -2.59. The number of aryl methyl sites for hydroxylation is 2. The quantitative estimate of drug-likeness (QED) is 0.465. The SMILES string of the molecule is Cc1cccc(C)c1C(C(=O)NC1CCCCC1)N(C(=O)C(NC(=O)OC(C)(C)C)C(C)C)C1CCC1. The summed E-state index contributed by atoms with van der Waals surface area (Å²) in [5.41, 5.74) is 2.18. The van der Waals surface area contributed by atoms with Gasteiger partial charge in [0.1, 0.15) is 17.7 Å². The molecular formula is C30H47N3O4. The van der Waals surface area contributed by atoms with Gasteiger partial charge in [0.05, 0.1) is 0 Å². The van der Waals surface area contributed by atoms with Crippen molar-refractivity contribution in [2.24, 2.45) is 5.92 Å². The molecule has 2 saturated carbocycles. The van der Waals surface area contributed by atoms with Crippen molar-refractivity contribution in [1.29, 1.82) is 0 Å². The van der Waals surface area contributed by atoms with Crippen LogP contribution in [0.2, 0.25) is 0 Å². The number of benzene rings is 1. The summed E-state index contributed by atoms with van der Waals surface area (Å²) in [5, 5.41) is 6.13. The Morgan fingerprint density at radius 1 is 0.946 bits per heavy atom. The summed E-state index contributed by atoms with van der Waals surface area (Å²) in [7, 11) is 0. The first kappa shape index (κ1) is 29.0. The number of carbonyl (C=O) groups excluding carboxylic acids is 3. The fourth-order valence-corrected chi connectivity index (χ4v) is 5.47. The number of carbonyl (C=O) groups is 3. The zero-order valence-electron chi connectivity index (χ0n) is 23.9. The van der Waals surface area contributed by atoms with Crippen molar-refractivity contribution < 1.29 is 19.1 Å². The third kappa shape index (κ3) is 7.48. The molecule has 7 nitrogen and oxygen atoms in total. The van der Waals surface area contributed by atoms with Gasteiger partial charge >= 0.3 is 6.09 Å². The van der Waals surface area contributed by atoms with E-state index in [-0.39, 0.29) is 29.8 Å². The molecule has 1 aromatic rings. The van der Waals surface area contributed by atoms with Crippen LogP contribution in [0.3, 0.4) is 0 Å². The van der Waals surface area contributed by atoms with E-state index >= 15 is 0 Å². The van der Waals surface area contributed by atoms with Crippen molar-refractivity contribution in [2.75, 3.05) is 0 Å². The van der Waals surface area contributed by atoms with Crippen molar-refractivity contribution in [3.05, 3.63) is 34.9 Å². The van der Waals surface area contributed by atoms with Crippen LogP contribution in [0.1, 0.15) is 109 Å². The molecule has 1 aromatic carbocycles. The highest BCUT2D eigenvalue weighted by atomic mass is 16.6. The summed E-state index contributed by atoms with van der Waals surface area (Å²) in [5.74, 6) is -0.524. The molecule has 0 saturated heterocycles. The molecule has 0 bridgehead atoms. The highest BCUT2D eigenvalue weighted by Crippen LogP contribution is 2.37. The number of nitrogens with zero attached hydrogens (tertiary/aromatic N) is 1. The Hall–Kier alpha value is -2.57. The number of ether oxygens (including phenoxy) is 1. The Morgan fingerprint density at radius 3 is 2.03 bits per heavy atom. The zero-order valence-corrected chi connectivity index (χ0v) is 23.9. The number of hydrogen-bond donors (Lipinski definition) is 2. The van der Waals surface area contributed by atoms with Gasteiger partial charge in [-0.1, -0.05) is 51.3 Å². The molecule has 2 aliphatic rings. The van der Waals surface area contributed by atoms with Gasteiger partial charge in [0.25, 0.3) is 0 Å². The lowest BCUT2D eigenvalue weighted by molar-refractivity contribution is -0.148. The van der Waals surface area contributed by atoms with Crippen LogP contribution in [0.5, 0.6) is 0 Å². The van der Waals surface area contributed by atoms with E-state index in [0.717, 1.165) is 61.6 Å². The molecule has 0 radical (unpaired) electrons. The van der Waals surface area contributed by atoms with Gasteiger partial charge in [0.15, 0.2) is 0 Å². The molecule has 7 heteroatoms. The topological polar surface area (TPSA) is 87.7 Å². The lowest BCUT2D eigenvalue weighted by Gasteiger charge is -2.45. The number of rotatable bonds is 8. The first-order valence-corrected chi connectivity index (χ1v) is 14.1. The van der Waals surface area contributed by atoms with Gasteiger partial charge in [-0.25, -0.2) is 4.79 Å². The Kier molecular flexibility index (Phi) is 9.65. The second-order valence-electron chi connectivity index (χ2n) is 12.2. The van der Waals surface area contributed by atoms with Gasteiger partial charge < -0.3 is 20.3 Å². The summed E-state index contributed by atoms with van der Waals surface area (Å²) >= 11 is 0. The van der Waals surface area contributed by atoms with Crippen LogP contribution < -0.4 is 10.6 Å². The molecule has 206 valence electrons. The van der Waals surface area contributed by atoms with Crippen LogP contribution in [0.25, 0.3) is 0 Å². The summed E-state index contributed by atoms with van der Waals surface area (Å²) in [6.07, 6.45) is 7.45. The van der Waals surface area contributed by atoms with E-state index in [0.29, 0.717) is 0 Å². The molecule has 2 aliphatic carbocycles. The molecule has 2 fully saturated rings. The van der Waals surface area contributed by atoms with Crippen molar-refractivity contribution >= 4 is 17.9 Å². The largest absolute Gasteiger partial charge is 0.444 e. The number of nitrogens with one attached hydrogen (secondary N) is 2. The van der Waals surface area contributed by atoms with Crippen molar-refractivity contribution in [1.82, 2.24) is 15.5 Å². The molecule has 3 amide bonds. The fraction of sp³-hybridized carbons (Fsp3) is 0.700. The van der Waals surface area contributed by atoms with Crippen LogP contribution in [0, 0.1) is 19.8 Å². The van der Waals surface area contributed by atoms with Crippen LogP contribution in [0.15, 0.2) is 18.2 Å². The lowest BCUT2D eigenvalue weighted by atomic mass is 9.85. The number of alkyl carbamates (subject to hydrolysis) is 1. The highest BCUT2D eigenvalue weighted by molar-refractivity contribution is 5.93. The van der Waals surface area contributed by atoms with E-state index < -0.39 is 23.8 Å². The van der Waals surface area contributed by atoms with E-state index in [1.165, 1.54) is 6.42 Å². The van der Waals surface area contributed by atoms with E-state index in [4.69, 9.17) is 4.74 Å². The summed E-state index contributed by atoms with van der Waals surface area (Å²) in [6, 6.07) is 4.53. The predicted molar refractivity (Wildman–Crippen MR) is 146 cm³/mol. The maximum Gasteiger partial charge on any atom is 0.408 e. The van der Waals surface area contributed by atoms with E-state index in [1.54, 1.807) is 25.7 Å². The first-order valence-electron chi connectivity index (χ1n) is 14.1. The van der Waals surface area contributed by atoms with E-state index in [2.05, 4.69) is 10.6 Å².